The lowest BCUT2D eigenvalue weighted by atomic mass is 9.76. The van der Waals surface area contributed by atoms with Gasteiger partial charge in [-0.05, 0) is 48.8 Å². The third-order valence-electron chi connectivity index (χ3n) is 7.11. The standard InChI is InChI=1S/C25H30N4O2/c1-27(14-18-6-3-2-4-7-18)25(31)20-10-11-23(26-13-20)28-15-19-12-21(17-28)22-8-5-9-24(30)29(22)16-19/h2-4,6-7,10-11,13,19,21-22H,5,8-9,12,14-17H2,1H3/t19?,21?,22-/m1/s1. The third kappa shape index (κ3) is 4.03. The summed E-state index contributed by atoms with van der Waals surface area (Å²) in [5, 5.41) is 0. The molecule has 0 spiro atoms. The van der Waals surface area contributed by atoms with E-state index < -0.39 is 0 Å². The van der Waals surface area contributed by atoms with Crippen LogP contribution in [0.1, 0.15) is 41.6 Å². The van der Waals surface area contributed by atoms with Crippen LogP contribution in [0.4, 0.5) is 5.82 Å². The van der Waals surface area contributed by atoms with E-state index in [4.69, 9.17) is 0 Å². The van der Waals surface area contributed by atoms with Gasteiger partial charge >= 0.3 is 0 Å². The normalized spacial score (nSPS) is 25.2. The van der Waals surface area contributed by atoms with Crippen molar-refractivity contribution in [1.82, 2.24) is 14.8 Å². The van der Waals surface area contributed by atoms with E-state index in [1.54, 1.807) is 11.1 Å². The molecule has 5 rings (SSSR count). The zero-order valence-corrected chi connectivity index (χ0v) is 18.1. The van der Waals surface area contributed by atoms with Gasteiger partial charge in [0.2, 0.25) is 5.91 Å². The van der Waals surface area contributed by atoms with Crippen molar-refractivity contribution in [2.24, 2.45) is 11.8 Å². The molecule has 2 unspecified atom stereocenters. The molecule has 1 aromatic carbocycles. The van der Waals surface area contributed by atoms with Crippen molar-refractivity contribution in [3.8, 4) is 0 Å². The molecule has 6 heteroatoms. The van der Waals surface area contributed by atoms with Crippen molar-refractivity contribution in [3.05, 3.63) is 59.8 Å². The van der Waals surface area contributed by atoms with Crippen LogP contribution in [0.2, 0.25) is 0 Å². The Kier molecular flexibility index (Phi) is 5.38. The maximum absolute atomic E-state index is 12.8. The van der Waals surface area contributed by atoms with Crippen LogP contribution < -0.4 is 4.90 Å². The fourth-order valence-corrected chi connectivity index (χ4v) is 5.65. The van der Waals surface area contributed by atoms with Crippen LogP contribution in [0, 0.1) is 11.8 Å². The Hall–Kier alpha value is -2.89. The van der Waals surface area contributed by atoms with Gasteiger partial charge in [-0.3, -0.25) is 9.59 Å². The van der Waals surface area contributed by atoms with Crippen molar-refractivity contribution in [2.45, 2.75) is 38.3 Å². The first-order valence-corrected chi connectivity index (χ1v) is 11.4. The zero-order chi connectivity index (χ0) is 21.4. The number of aromatic nitrogens is 1. The monoisotopic (exact) mass is 418 g/mol. The number of nitrogens with zero attached hydrogens (tertiary/aromatic N) is 4. The number of carbonyl (C=O) groups is 2. The number of carbonyl (C=O) groups excluding carboxylic acids is 2. The number of piperidine rings is 3. The minimum atomic E-state index is -0.0187. The highest BCUT2D eigenvalue weighted by atomic mass is 16.2. The summed E-state index contributed by atoms with van der Waals surface area (Å²) in [6, 6.07) is 14.3. The van der Waals surface area contributed by atoms with Gasteiger partial charge < -0.3 is 14.7 Å². The topological polar surface area (TPSA) is 56.8 Å². The van der Waals surface area contributed by atoms with Gasteiger partial charge in [-0.25, -0.2) is 4.98 Å². The Balaban J connectivity index is 1.25. The Morgan fingerprint density at radius 3 is 2.74 bits per heavy atom. The Labute approximate surface area is 183 Å². The summed E-state index contributed by atoms with van der Waals surface area (Å²) in [6.45, 7) is 3.34. The first-order valence-electron chi connectivity index (χ1n) is 11.4. The maximum Gasteiger partial charge on any atom is 0.255 e. The van der Waals surface area contributed by atoms with E-state index >= 15 is 0 Å². The molecule has 2 amide bonds. The number of fused-ring (bicyclic) bond motifs is 4. The van der Waals surface area contributed by atoms with Gasteiger partial charge in [-0.15, -0.1) is 0 Å². The van der Waals surface area contributed by atoms with E-state index in [2.05, 4.69) is 14.8 Å². The molecule has 0 radical (unpaired) electrons. The van der Waals surface area contributed by atoms with Gasteiger partial charge in [0.1, 0.15) is 5.82 Å². The molecule has 0 saturated carbocycles. The molecule has 0 N–H and O–H groups in total. The molecule has 3 aliphatic rings. The first-order chi connectivity index (χ1) is 15.1. The number of hydrogen-bond donors (Lipinski definition) is 0. The van der Waals surface area contributed by atoms with Gasteiger partial charge in [0, 0.05) is 51.9 Å². The van der Waals surface area contributed by atoms with Crippen LogP contribution in [0.25, 0.3) is 0 Å². The average Bonchev–Trinajstić information content (AvgIpc) is 2.80. The van der Waals surface area contributed by atoms with Crippen molar-refractivity contribution in [2.75, 3.05) is 31.6 Å². The summed E-state index contributed by atoms with van der Waals surface area (Å²) in [5.74, 6) is 2.30. The average molecular weight is 419 g/mol. The number of amides is 2. The molecule has 3 atom stereocenters. The molecular formula is C25H30N4O2. The molecule has 162 valence electrons. The molecule has 3 saturated heterocycles. The van der Waals surface area contributed by atoms with Crippen LogP contribution in [0.15, 0.2) is 48.7 Å². The summed E-state index contributed by atoms with van der Waals surface area (Å²) in [7, 11) is 1.83. The van der Waals surface area contributed by atoms with Crippen LogP contribution >= 0.6 is 0 Å². The minimum Gasteiger partial charge on any atom is -0.356 e. The van der Waals surface area contributed by atoms with E-state index in [1.807, 2.05) is 49.5 Å². The van der Waals surface area contributed by atoms with Crippen LogP contribution in [0.5, 0.6) is 0 Å². The second-order valence-corrected chi connectivity index (χ2v) is 9.32. The second-order valence-electron chi connectivity index (χ2n) is 9.32. The summed E-state index contributed by atoms with van der Waals surface area (Å²) >= 11 is 0. The van der Waals surface area contributed by atoms with Crippen LogP contribution in [0.3, 0.4) is 0 Å². The zero-order valence-electron chi connectivity index (χ0n) is 18.1. The molecule has 4 heterocycles. The lowest BCUT2D eigenvalue weighted by Gasteiger charge is -2.52. The number of hydrogen-bond acceptors (Lipinski definition) is 4. The minimum absolute atomic E-state index is 0.0187. The molecule has 3 aliphatic heterocycles. The quantitative estimate of drug-likeness (QED) is 0.765. The predicted octanol–water partition coefficient (Wildman–Crippen LogP) is 3.19. The molecule has 31 heavy (non-hydrogen) atoms. The number of anilines is 1. The van der Waals surface area contributed by atoms with Crippen molar-refractivity contribution >= 4 is 17.6 Å². The second kappa shape index (κ2) is 8.33. The highest BCUT2D eigenvalue weighted by Gasteiger charge is 2.44. The van der Waals surface area contributed by atoms with Crippen molar-refractivity contribution in [3.63, 3.8) is 0 Å². The number of pyridine rings is 1. The van der Waals surface area contributed by atoms with E-state index in [-0.39, 0.29) is 5.91 Å². The van der Waals surface area contributed by atoms with Gasteiger partial charge in [0.25, 0.3) is 5.91 Å². The maximum atomic E-state index is 12.8. The molecule has 0 aliphatic carbocycles. The SMILES string of the molecule is CN(Cc1ccccc1)C(=O)c1ccc(N2CC3CC(C2)[C@H]2CCCC(=O)N2C3)nc1. The fourth-order valence-electron chi connectivity index (χ4n) is 5.65. The fraction of sp³-hybridized carbons (Fsp3) is 0.480. The molecular weight excluding hydrogens is 388 g/mol. The Morgan fingerprint density at radius 2 is 1.97 bits per heavy atom. The van der Waals surface area contributed by atoms with E-state index in [9.17, 15) is 9.59 Å². The van der Waals surface area contributed by atoms with Gasteiger partial charge in [-0.2, -0.15) is 0 Å². The van der Waals surface area contributed by atoms with Gasteiger partial charge in [0.05, 0.1) is 5.56 Å². The molecule has 2 bridgehead atoms. The van der Waals surface area contributed by atoms with E-state index in [0.717, 1.165) is 50.3 Å². The lowest BCUT2D eigenvalue weighted by Crippen LogP contribution is -2.60. The van der Waals surface area contributed by atoms with E-state index in [0.29, 0.717) is 35.9 Å². The summed E-state index contributed by atoms with van der Waals surface area (Å²) in [6.07, 6.45) is 5.79. The summed E-state index contributed by atoms with van der Waals surface area (Å²) < 4.78 is 0. The lowest BCUT2D eigenvalue weighted by molar-refractivity contribution is -0.142. The number of benzene rings is 1. The Morgan fingerprint density at radius 1 is 1.13 bits per heavy atom. The van der Waals surface area contributed by atoms with Crippen LogP contribution in [-0.4, -0.2) is 59.3 Å². The smallest absolute Gasteiger partial charge is 0.255 e. The molecule has 6 nitrogen and oxygen atoms in total. The summed E-state index contributed by atoms with van der Waals surface area (Å²) in [5.41, 5.74) is 1.72. The predicted molar refractivity (Wildman–Crippen MR) is 120 cm³/mol. The third-order valence-corrected chi connectivity index (χ3v) is 7.11. The van der Waals surface area contributed by atoms with E-state index in [1.165, 1.54) is 6.42 Å². The first kappa shape index (κ1) is 20.0. The number of rotatable bonds is 4. The van der Waals surface area contributed by atoms with Crippen LogP contribution in [-0.2, 0) is 11.3 Å². The van der Waals surface area contributed by atoms with Gasteiger partial charge in [0.15, 0.2) is 0 Å². The highest BCUT2D eigenvalue weighted by Crippen LogP contribution is 2.38. The largest absolute Gasteiger partial charge is 0.356 e. The molecule has 2 aromatic rings. The van der Waals surface area contributed by atoms with Gasteiger partial charge in [-0.1, -0.05) is 30.3 Å². The molecule has 3 fully saturated rings. The van der Waals surface area contributed by atoms with Crippen molar-refractivity contribution < 1.29 is 9.59 Å². The Bertz CT molecular complexity index is 946. The summed E-state index contributed by atoms with van der Waals surface area (Å²) in [4.78, 5) is 36.1. The highest BCUT2D eigenvalue weighted by molar-refractivity contribution is 5.93. The van der Waals surface area contributed by atoms with Crippen molar-refractivity contribution in [1.29, 1.82) is 0 Å². The molecule has 1 aromatic heterocycles.